The van der Waals surface area contributed by atoms with Gasteiger partial charge in [0.1, 0.15) is 18.2 Å². The molecule has 0 N–H and O–H groups in total. The zero-order chi connectivity index (χ0) is 17.2. The van der Waals surface area contributed by atoms with Crippen molar-refractivity contribution in [1.29, 1.82) is 0 Å². The van der Waals surface area contributed by atoms with E-state index in [0.29, 0.717) is 11.6 Å². The molecule has 0 saturated heterocycles. The maximum Gasteiger partial charge on any atom is 0.214 e. The fourth-order valence-electron chi connectivity index (χ4n) is 3.02. The Hall–Kier alpha value is -2.89. The van der Waals surface area contributed by atoms with Crippen LogP contribution in [0.5, 0.6) is 5.88 Å². The molecule has 0 spiro atoms. The Balaban J connectivity index is 1.63. The third-order valence-corrected chi connectivity index (χ3v) is 4.28. The molecule has 3 aromatic rings. The molecule has 4 rings (SSSR count). The van der Waals surface area contributed by atoms with E-state index in [1.807, 2.05) is 25.4 Å². The highest BCUT2D eigenvalue weighted by Gasteiger charge is 2.20. The number of fused-ring (bicyclic) bond motifs is 1. The summed E-state index contributed by atoms with van der Waals surface area (Å²) in [4.78, 5) is 17.2. The van der Waals surface area contributed by atoms with E-state index < -0.39 is 0 Å². The van der Waals surface area contributed by atoms with Crippen LogP contribution < -0.4 is 4.74 Å². The fourth-order valence-corrected chi connectivity index (χ4v) is 3.02. The van der Waals surface area contributed by atoms with Crippen molar-refractivity contribution >= 4 is 0 Å². The highest BCUT2D eigenvalue weighted by Crippen LogP contribution is 2.33. The number of halogens is 1. The summed E-state index contributed by atoms with van der Waals surface area (Å²) in [5.74, 6) is 0.928. The van der Waals surface area contributed by atoms with Gasteiger partial charge >= 0.3 is 0 Å². The lowest BCUT2D eigenvalue weighted by atomic mass is 10.0. The van der Waals surface area contributed by atoms with E-state index in [1.54, 1.807) is 6.07 Å². The first-order valence-electron chi connectivity index (χ1n) is 8.24. The lowest BCUT2D eigenvalue weighted by Gasteiger charge is -2.12. The molecule has 0 radical (unpaired) electrons. The number of ether oxygens (including phenoxy) is 1. The van der Waals surface area contributed by atoms with Crippen molar-refractivity contribution in [2.24, 2.45) is 0 Å². The van der Waals surface area contributed by atoms with Gasteiger partial charge in [-0.2, -0.15) is 0 Å². The standard InChI is InChI=1S/C19H17FN4O/c1-12-21-8-13(9-22-12)17-7-19(24-18-4-2-3-16(17)18)25-11-15-6-5-14(20)10-23-15/h5-10H,2-4,11H2,1H3. The molecule has 0 fully saturated rings. The van der Waals surface area contributed by atoms with Crippen molar-refractivity contribution < 1.29 is 9.13 Å². The Bertz CT molecular complexity index is 895. The molecule has 0 unspecified atom stereocenters. The summed E-state index contributed by atoms with van der Waals surface area (Å²) in [6.45, 7) is 2.11. The number of rotatable bonds is 4. The molecule has 126 valence electrons. The van der Waals surface area contributed by atoms with E-state index in [2.05, 4.69) is 19.9 Å². The third-order valence-electron chi connectivity index (χ3n) is 4.28. The largest absolute Gasteiger partial charge is 0.471 e. The summed E-state index contributed by atoms with van der Waals surface area (Å²) in [5.41, 5.74) is 5.02. The van der Waals surface area contributed by atoms with Crippen LogP contribution in [0.4, 0.5) is 4.39 Å². The van der Waals surface area contributed by atoms with Gasteiger partial charge in [0.25, 0.3) is 0 Å². The Kier molecular flexibility index (Phi) is 4.09. The van der Waals surface area contributed by atoms with Crippen molar-refractivity contribution in [3.05, 3.63) is 65.4 Å². The molecule has 1 aliphatic rings. The summed E-state index contributed by atoms with van der Waals surface area (Å²) >= 11 is 0. The van der Waals surface area contributed by atoms with E-state index >= 15 is 0 Å². The Morgan fingerprint density at radius 3 is 2.68 bits per heavy atom. The van der Waals surface area contributed by atoms with Crippen LogP contribution in [0.3, 0.4) is 0 Å². The van der Waals surface area contributed by atoms with E-state index in [-0.39, 0.29) is 12.4 Å². The molecule has 1 aliphatic carbocycles. The number of aromatic nitrogens is 4. The number of pyridine rings is 2. The predicted octanol–water partition coefficient (Wildman–Crippen LogP) is 3.45. The Labute approximate surface area is 145 Å². The molecule has 0 bridgehead atoms. The van der Waals surface area contributed by atoms with Crippen molar-refractivity contribution in [1.82, 2.24) is 19.9 Å². The molecule has 0 aromatic carbocycles. The van der Waals surface area contributed by atoms with Crippen molar-refractivity contribution in [3.63, 3.8) is 0 Å². The average molecular weight is 336 g/mol. The summed E-state index contributed by atoms with van der Waals surface area (Å²) < 4.78 is 18.7. The smallest absolute Gasteiger partial charge is 0.214 e. The highest BCUT2D eigenvalue weighted by atomic mass is 19.1. The molecule has 0 amide bonds. The van der Waals surface area contributed by atoms with E-state index in [0.717, 1.165) is 41.9 Å². The van der Waals surface area contributed by atoms with Crippen LogP contribution in [0.2, 0.25) is 0 Å². The topological polar surface area (TPSA) is 60.8 Å². The quantitative estimate of drug-likeness (QED) is 0.730. The SMILES string of the molecule is Cc1ncc(-c2cc(OCc3ccc(F)cn3)nc3c2CCC3)cn1. The maximum absolute atomic E-state index is 12.9. The van der Waals surface area contributed by atoms with E-state index in [1.165, 1.54) is 17.8 Å². The van der Waals surface area contributed by atoms with Crippen LogP contribution in [0.15, 0.2) is 36.8 Å². The highest BCUT2D eigenvalue weighted by molar-refractivity contribution is 5.68. The van der Waals surface area contributed by atoms with Gasteiger partial charge in [0.15, 0.2) is 0 Å². The molecule has 3 aromatic heterocycles. The number of aryl methyl sites for hydroxylation is 2. The van der Waals surface area contributed by atoms with Gasteiger partial charge < -0.3 is 4.74 Å². The molecule has 0 aliphatic heterocycles. The zero-order valence-electron chi connectivity index (χ0n) is 13.9. The summed E-state index contributed by atoms with van der Waals surface area (Å²) in [7, 11) is 0. The van der Waals surface area contributed by atoms with Crippen LogP contribution in [0, 0.1) is 12.7 Å². The minimum atomic E-state index is -0.360. The van der Waals surface area contributed by atoms with Crippen LogP contribution in [-0.2, 0) is 19.4 Å². The second-order valence-electron chi connectivity index (χ2n) is 6.06. The third kappa shape index (κ3) is 3.33. The molecular formula is C19H17FN4O. The minimum Gasteiger partial charge on any atom is -0.471 e. The van der Waals surface area contributed by atoms with Crippen molar-refractivity contribution in [2.75, 3.05) is 0 Å². The second kappa shape index (κ2) is 6.55. The Morgan fingerprint density at radius 1 is 1.08 bits per heavy atom. The molecule has 0 atom stereocenters. The minimum absolute atomic E-state index is 0.246. The van der Waals surface area contributed by atoms with Gasteiger partial charge in [0, 0.05) is 29.7 Å². The summed E-state index contributed by atoms with van der Waals surface area (Å²) in [5, 5.41) is 0. The first-order chi connectivity index (χ1) is 12.2. The molecule has 0 saturated carbocycles. The summed E-state index contributed by atoms with van der Waals surface area (Å²) in [6.07, 6.45) is 7.89. The molecule has 5 nitrogen and oxygen atoms in total. The van der Waals surface area contributed by atoms with Gasteiger partial charge in [-0.3, -0.25) is 4.98 Å². The fraction of sp³-hybridized carbons (Fsp3) is 0.263. The zero-order valence-corrected chi connectivity index (χ0v) is 13.9. The maximum atomic E-state index is 12.9. The number of nitrogens with zero attached hydrogens (tertiary/aromatic N) is 4. The Morgan fingerprint density at radius 2 is 1.92 bits per heavy atom. The molecule has 25 heavy (non-hydrogen) atoms. The van der Waals surface area contributed by atoms with E-state index in [9.17, 15) is 4.39 Å². The average Bonchev–Trinajstić information content (AvgIpc) is 3.10. The first kappa shape index (κ1) is 15.6. The first-order valence-corrected chi connectivity index (χ1v) is 8.24. The second-order valence-corrected chi connectivity index (χ2v) is 6.06. The lowest BCUT2D eigenvalue weighted by Crippen LogP contribution is -2.03. The lowest BCUT2D eigenvalue weighted by molar-refractivity contribution is 0.288. The molecular weight excluding hydrogens is 319 g/mol. The van der Waals surface area contributed by atoms with Crippen LogP contribution >= 0.6 is 0 Å². The van der Waals surface area contributed by atoms with Crippen molar-refractivity contribution in [2.45, 2.75) is 32.8 Å². The normalized spacial score (nSPS) is 12.9. The summed E-state index contributed by atoms with van der Waals surface area (Å²) in [6, 6.07) is 4.91. The monoisotopic (exact) mass is 336 g/mol. The molecule has 6 heteroatoms. The van der Waals surface area contributed by atoms with Crippen LogP contribution in [0.1, 0.15) is 29.2 Å². The molecule has 3 heterocycles. The van der Waals surface area contributed by atoms with Gasteiger partial charge in [0.05, 0.1) is 11.9 Å². The van der Waals surface area contributed by atoms with Gasteiger partial charge in [-0.1, -0.05) is 0 Å². The van der Waals surface area contributed by atoms with Crippen LogP contribution in [-0.4, -0.2) is 19.9 Å². The predicted molar refractivity (Wildman–Crippen MR) is 90.6 cm³/mol. The number of hydrogen-bond donors (Lipinski definition) is 0. The number of hydrogen-bond acceptors (Lipinski definition) is 5. The van der Waals surface area contributed by atoms with Crippen LogP contribution in [0.25, 0.3) is 11.1 Å². The van der Waals surface area contributed by atoms with Gasteiger partial charge in [-0.05, 0) is 49.4 Å². The van der Waals surface area contributed by atoms with Crippen molar-refractivity contribution in [3.8, 4) is 17.0 Å². The van der Waals surface area contributed by atoms with Gasteiger partial charge in [0.2, 0.25) is 5.88 Å². The van der Waals surface area contributed by atoms with Gasteiger partial charge in [-0.15, -0.1) is 0 Å². The van der Waals surface area contributed by atoms with Gasteiger partial charge in [-0.25, -0.2) is 19.3 Å². The van der Waals surface area contributed by atoms with E-state index in [4.69, 9.17) is 4.74 Å².